The summed E-state index contributed by atoms with van der Waals surface area (Å²) in [4.78, 5) is 4.35. The number of nitrogens with zero attached hydrogens (tertiary/aromatic N) is 1. The third-order valence-electron chi connectivity index (χ3n) is 3.04. The van der Waals surface area contributed by atoms with Crippen LogP contribution in [-0.2, 0) is 0 Å². The molecule has 2 atom stereocenters. The smallest absolute Gasteiger partial charge is 0.0276 e. The van der Waals surface area contributed by atoms with Crippen LogP contribution >= 0.6 is 0 Å². The number of rotatable bonds is 0. The van der Waals surface area contributed by atoms with Gasteiger partial charge in [0, 0.05) is 12.8 Å². The van der Waals surface area contributed by atoms with E-state index in [0.29, 0.717) is 0 Å². The van der Waals surface area contributed by atoms with Crippen LogP contribution in [0, 0.1) is 11.8 Å². The van der Waals surface area contributed by atoms with Crippen molar-refractivity contribution in [1.29, 1.82) is 0 Å². The summed E-state index contributed by atoms with van der Waals surface area (Å²) >= 11 is 0. The molecule has 0 aromatic heterocycles. The monoisotopic (exact) mass is 137 g/mol. The number of aliphatic imine (C=N–C) groups is 1. The first-order chi connectivity index (χ1) is 4.90. The van der Waals surface area contributed by atoms with Gasteiger partial charge in [0.15, 0.2) is 0 Å². The Balaban J connectivity index is 2.15. The largest absolute Gasteiger partial charge is 0.297 e. The fourth-order valence-electron chi connectivity index (χ4n) is 2.52. The lowest BCUT2D eigenvalue weighted by Crippen LogP contribution is -2.08. The van der Waals surface area contributed by atoms with E-state index in [4.69, 9.17) is 0 Å². The normalized spacial score (nSPS) is 42.7. The summed E-state index contributed by atoms with van der Waals surface area (Å²) in [6.07, 6.45) is 7.11. The van der Waals surface area contributed by atoms with Gasteiger partial charge in [-0.1, -0.05) is 12.8 Å². The molecule has 1 nitrogen and oxygen atoms in total. The Hall–Kier alpha value is -0.330. The molecule has 2 rings (SSSR count). The van der Waals surface area contributed by atoms with Gasteiger partial charge in [-0.3, -0.25) is 4.99 Å². The minimum absolute atomic E-state index is 0.892. The highest BCUT2D eigenvalue weighted by Crippen LogP contribution is 2.39. The van der Waals surface area contributed by atoms with Crippen LogP contribution in [0.5, 0.6) is 0 Å². The molecule has 0 aromatic carbocycles. The second-order valence-electron chi connectivity index (χ2n) is 3.65. The molecule has 2 fully saturated rings. The van der Waals surface area contributed by atoms with Crippen LogP contribution in [0.15, 0.2) is 4.99 Å². The van der Waals surface area contributed by atoms with Gasteiger partial charge in [0.05, 0.1) is 0 Å². The van der Waals surface area contributed by atoms with E-state index in [1.54, 1.807) is 0 Å². The zero-order valence-corrected chi connectivity index (χ0v) is 6.64. The molecular weight excluding hydrogens is 122 g/mol. The summed E-state index contributed by atoms with van der Waals surface area (Å²) in [5.41, 5.74) is 1.52. The first-order valence-corrected chi connectivity index (χ1v) is 4.35. The topological polar surface area (TPSA) is 12.4 Å². The summed E-state index contributed by atoms with van der Waals surface area (Å²) in [5, 5.41) is 0. The minimum Gasteiger partial charge on any atom is -0.297 e. The Kier molecular flexibility index (Phi) is 1.51. The Morgan fingerprint density at radius 2 is 2.30 bits per heavy atom. The van der Waals surface area contributed by atoms with Crippen molar-refractivity contribution in [1.82, 2.24) is 0 Å². The standard InChI is InChI=1S/C9H15N/c1-10-9-6-7-3-2-4-8(9)5-7/h7-8H,2-6H2,1H3/t7-,8-/m1/s1. The predicted molar refractivity (Wildman–Crippen MR) is 43.4 cm³/mol. The molecule has 2 aliphatic rings. The Morgan fingerprint density at radius 1 is 1.40 bits per heavy atom. The van der Waals surface area contributed by atoms with Crippen LogP contribution in [-0.4, -0.2) is 12.8 Å². The average Bonchev–Trinajstić information content (AvgIpc) is 2.26. The SMILES string of the molecule is CN=C1C[C@@H]2CCC[C@@H]1C2. The molecule has 0 radical (unpaired) electrons. The lowest BCUT2D eigenvalue weighted by molar-refractivity contribution is 0.372. The molecule has 0 aromatic rings. The van der Waals surface area contributed by atoms with Crippen LogP contribution in [0.25, 0.3) is 0 Å². The van der Waals surface area contributed by atoms with Crippen LogP contribution in [0.4, 0.5) is 0 Å². The fraction of sp³-hybridized carbons (Fsp3) is 0.889. The minimum atomic E-state index is 0.892. The fourth-order valence-corrected chi connectivity index (χ4v) is 2.52. The molecule has 2 bridgehead atoms. The second kappa shape index (κ2) is 2.37. The zero-order chi connectivity index (χ0) is 6.97. The van der Waals surface area contributed by atoms with Gasteiger partial charge in [0.2, 0.25) is 0 Å². The Bertz CT molecular complexity index is 160. The molecule has 0 saturated heterocycles. The molecule has 0 heterocycles. The molecule has 0 unspecified atom stereocenters. The van der Waals surface area contributed by atoms with Gasteiger partial charge in [-0.2, -0.15) is 0 Å². The van der Waals surface area contributed by atoms with Crippen molar-refractivity contribution in [3.63, 3.8) is 0 Å². The lowest BCUT2D eigenvalue weighted by atomic mass is 9.89. The van der Waals surface area contributed by atoms with Crippen LogP contribution < -0.4 is 0 Å². The molecular formula is C9H15N. The molecule has 10 heavy (non-hydrogen) atoms. The lowest BCUT2D eigenvalue weighted by Gasteiger charge is -2.16. The van der Waals surface area contributed by atoms with E-state index in [2.05, 4.69) is 4.99 Å². The van der Waals surface area contributed by atoms with E-state index in [0.717, 1.165) is 11.8 Å². The Labute approximate surface area is 62.5 Å². The van der Waals surface area contributed by atoms with Crippen molar-refractivity contribution in [2.75, 3.05) is 7.05 Å². The highest BCUT2D eigenvalue weighted by atomic mass is 14.7. The van der Waals surface area contributed by atoms with Crippen molar-refractivity contribution in [3.05, 3.63) is 0 Å². The van der Waals surface area contributed by atoms with Gasteiger partial charge in [-0.05, 0) is 31.1 Å². The van der Waals surface area contributed by atoms with Gasteiger partial charge in [-0.25, -0.2) is 0 Å². The van der Waals surface area contributed by atoms with Gasteiger partial charge in [-0.15, -0.1) is 0 Å². The highest BCUT2D eigenvalue weighted by Gasteiger charge is 2.33. The van der Waals surface area contributed by atoms with Gasteiger partial charge >= 0.3 is 0 Å². The number of fused-ring (bicyclic) bond motifs is 2. The van der Waals surface area contributed by atoms with Crippen molar-refractivity contribution in [3.8, 4) is 0 Å². The van der Waals surface area contributed by atoms with Crippen LogP contribution in [0.1, 0.15) is 32.1 Å². The van der Waals surface area contributed by atoms with E-state index < -0.39 is 0 Å². The predicted octanol–water partition coefficient (Wildman–Crippen LogP) is 2.27. The number of hydrogen-bond donors (Lipinski definition) is 0. The summed E-state index contributed by atoms with van der Waals surface area (Å²) < 4.78 is 0. The van der Waals surface area contributed by atoms with E-state index in [1.165, 1.54) is 37.8 Å². The maximum Gasteiger partial charge on any atom is 0.0276 e. The highest BCUT2D eigenvalue weighted by molar-refractivity contribution is 5.89. The Morgan fingerprint density at radius 3 is 3.00 bits per heavy atom. The molecule has 0 amide bonds. The van der Waals surface area contributed by atoms with E-state index >= 15 is 0 Å². The van der Waals surface area contributed by atoms with Crippen LogP contribution in [0.3, 0.4) is 0 Å². The second-order valence-corrected chi connectivity index (χ2v) is 3.65. The van der Waals surface area contributed by atoms with Crippen molar-refractivity contribution in [2.24, 2.45) is 16.8 Å². The van der Waals surface area contributed by atoms with E-state index in [1.807, 2.05) is 7.05 Å². The molecule has 0 spiro atoms. The average molecular weight is 137 g/mol. The van der Waals surface area contributed by atoms with Gasteiger partial charge < -0.3 is 0 Å². The van der Waals surface area contributed by atoms with Gasteiger partial charge in [0.1, 0.15) is 0 Å². The van der Waals surface area contributed by atoms with Crippen molar-refractivity contribution >= 4 is 5.71 Å². The van der Waals surface area contributed by atoms with E-state index in [9.17, 15) is 0 Å². The first kappa shape index (κ1) is 6.38. The summed E-state index contributed by atoms with van der Waals surface area (Å²) in [7, 11) is 1.95. The third kappa shape index (κ3) is 0.882. The molecule has 0 aliphatic heterocycles. The summed E-state index contributed by atoms with van der Waals surface area (Å²) in [6.45, 7) is 0. The molecule has 0 N–H and O–H groups in total. The maximum absolute atomic E-state index is 4.35. The summed E-state index contributed by atoms with van der Waals surface area (Å²) in [5.74, 6) is 1.90. The quantitative estimate of drug-likeness (QED) is 0.485. The maximum atomic E-state index is 4.35. The van der Waals surface area contributed by atoms with Crippen molar-refractivity contribution in [2.45, 2.75) is 32.1 Å². The molecule has 2 aliphatic carbocycles. The number of hydrogen-bond acceptors (Lipinski definition) is 1. The zero-order valence-electron chi connectivity index (χ0n) is 6.64. The van der Waals surface area contributed by atoms with Crippen molar-refractivity contribution < 1.29 is 0 Å². The molecule has 2 saturated carbocycles. The molecule has 56 valence electrons. The van der Waals surface area contributed by atoms with Crippen LogP contribution in [0.2, 0.25) is 0 Å². The third-order valence-corrected chi connectivity index (χ3v) is 3.04. The van der Waals surface area contributed by atoms with Gasteiger partial charge in [0.25, 0.3) is 0 Å². The summed E-state index contributed by atoms with van der Waals surface area (Å²) in [6, 6.07) is 0. The molecule has 1 heteroatoms. The first-order valence-electron chi connectivity index (χ1n) is 4.35. The van der Waals surface area contributed by atoms with E-state index in [-0.39, 0.29) is 0 Å².